The Kier molecular flexibility index (Phi) is 4.25. The van der Waals surface area contributed by atoms with Gasteiger partial charge in [0.15, 0.2) is 0 Å². The largest absolute Gasteiger partial charge is 0.349 e. The number of pyridine rings is 1. The zero-order chi connectivity index (χ0) is 14.5. The number of carbonyl (C=O) groups is 1. The lowest BCUT2D eigenvalue weighted by Gasteiger charge is -2.23. The number of piperidine rings is 1. The molecule has 1 fully saturated rings. The zero-order valence-electron chi connectivity index (χ0n) is 11.8. The SMILES string of the molecule is O=C(NCC1CCCCN1)c1[nH]ncc1-c1ccncc1. The van der Waals surface area contributed by atoms with E-state index in [0.29, 0.717) is 18.3 Å². The summed E-state index contributed by atoms with van der Waals surface area (Å²) in [5, 5.41) is 13.2. The van der Waals surface area contributed by atoms with Crippen LogP contribution in [-0.4, -0.2) is 40.2 Å². The van der Waals surface area contributed by atoms with Crippen molar-refractivity contribution in [2.24, 2.45) is 0 Å². The topological polar surface area (TPSA) is 82.7 Å². The minimum atomic E-state index is -0.119. The highest BCUT2D eigenvalue weighted by atomic mass is 16.1. The highest BCUT2D eigenvalue weighted by Crippen LogP contribution is 2.20. The summed E-state index contributed by atoms with van der Waals surface area (Å²) in [5.74, 6) is -0.119. The van der Waals surface area contributed by atoms with Crippen molar-refractivity contribution in [3.8, 4) is 11.1 Å². The van der Waals surface area contributed by atoms with Crippen LogP contribution in [0.4, 0.5) is 0 Å². The van der Waals surface area contributed by atoms with Gasteiger partial charge in [0.25, 0.3) is 5.91 Å². The van der Waals surface area contributed by atoms with Crippen molar-refractivity contribution in [2.75, 3.05) is 13.1 Å². The third-order valence-corrected chi connectivity index (χ3v) is 3.78. The molecule has 2 aromatic heterocycles. The average Bonchev–Trinajstić information content (AvgIpc) is 3.04. The Balaban J connectivity index is 1.66. The Bertz CT molecular complexity index is 589. The molecule has 2 aromatic rings. The standard InChI is InChI=1S/C15H19N5O/c21-15(18-9-12-3-1-2-6-17-12)14-13(10-19-20-14)11-4-7-16-8-5-11/h4-5,7-8,10,12,17H,1-3,6,9H2,(H,18,21)(H,19,20). The molecule has 0 bridgehead atoms. The lowest BCUT2D eigenvalue weighted by atomic mass is 10.0. The summed E-state index contributed by atoms with van der Waals surface area (Å²) >= 11 is 0. The van der Waals surface area contributed by atoms with Crippen LogP contribution in [0.5, 0.6) is 0 Å². The first-order valence-corrected chi connectivity index (χ1v) is 7.30. The van der Waals surface area contributed by atoms with Gasteiger partial charge < -0.3 is 10.6 Å². The Labute approximate surface area is 123 Å². The lowest BCUT2D eigenvalue weighted by molar-refractivity contribution is 0.0943. The predicted molar refractivity (Wildman–Crippen MR) is 79.8 cm³/mol. The minimum absolute atomic E-state index is 0.119. The van der Waals surface area contributed by atoms with E-state index >= 15 is 0 Å². The van der Waals surface area contributed by atoms with Crippen LogP contribution >= 0.6 is 0 Å². The van der Waals surface area contributed by atoms with Gasteiger partial charge in [0, 0.05) is 30.5 Å². The van der Waals surface area contributed by atoms with Crippen molar-refractivity contribution in [1.82, 2.24) is 25.8 Å². The van der Waals surface area contributed by atoms with Crippen molar-refractivity contribution in [3.05, 3.63) is 36.4 Å². The molecule has 0 aromatic carbocycles. The van der Waals surface area contributed by atoms with Crippen LogP contribution in [0, 0.1) is 0 Å². The smallest absolute Gasteiger partial charge is 0.269 e. The third-order valence-electron chi connectivity index (χ3n) is 3.78. The molecule has 0 radical (unpaired) electrons. The first-order valence-electron chi connectivity index (χ1n) is 7.30. The van der Waals surface area contributed by atoms with E-state index in [1.54, 1.807) is 18.6 Å². The molecule has 0 saturated carbocycles. The van der Waals surface area contributed by atoms with Gasteiger partial charge in [-0.15, -0.1) is 0 Å². The van der Waals surface area contributed by atoms with Gasteiger partial charge >= 0.3 is 0 Å². The van der Waals surface area contributed by atoms with E-state index in [2.05, 4.69) is 25.8 Å². The molecule has 3 heterocycles. The van der Waals surface area contributed by atoms with Gasteiger partial charge in [0.2, 0.25) is 0 Å². The predicted octanol–water partition coefficient (Wildman–Crippen LogP) is 1.34. The molecule has 1 aliphatic rings. The summed E-state index contributed by atoms with van der Waals surface area (Å²) < 4.78 is 0. The molecular formula is C15H19N5O. The van der Waals surface area contributed by atoms with Crippen molar-refractivity contribution in [3.63, 3.8) is 0 Å². The Morgan fingerprint density at radius 2 is 2.19 bits per heavy atom. The molecule has 0 aliphatic carbocycles. The molecule has 6 heteroatoms. The first-order chi connectivity index (χ1) is 10.3. The maximum Gasteiger partial charge on any atom is 0.269 e. The molecule has 3 rings (SSSR count). The summed E-state index contributed by atoms with van der Waals surface area (Å²) in [4.78, 5) is 16.3. The number of nitrogens with one attached hydrogen (secondary N) is 3. The molecule has 21 heavy (non-hydrogen) atoms. The molecular weight excluding hydrogens is 266 g/mol. The summed E-state index contributed by atoms with van der Waals surface area (Å²) in [6.45, 7) is 1.68. The van der Waals surface area contributed by atoms with E-state index in [9.17, 15) is 4.79 Å². The van der Waals surface area contributed by atoms with Crippen LogP contribution in [0.25, 0.3) is 11.1 Å². The fourth-order valence-electron chi connectivity index (χ4n) is 2.61. The second-order valence-corrected chi connectivity index (χ2v) is 5.25. The lowest BCUT2D eigenvalue weighted by Crippen LogP contribution is -2.43. The molecule has 1 saturated heterocycles. The summed E-state index contributed by atoms with van der Waals surface area (Å²) in [6.07, 6.45) is 8.63. The Morgan fingerprint density at radius 1 is 1.33 bits per heavy atom. The first kappa shape index (κ1) is 13.8. The van der Waals surface area contributed by atoms with Crippen molar-refractivity contribution in [2.45, 2.75) is 25.3 Å². The average molecular weight is 285 g/mol. The molecule has 1 amide bonds. The van der Waals surface area contributed by atoms with Gasteiger partial charge in [-0.2, -0.15) is 5.10 Å². The molecule has 3 N–H and O–H groups in total. The highest BCUT2D eigenvalue weighted by Gasteiger charge is 2.17. The summed E-state index contributed by atoms with van der Waals surface area (Å²) in [7, 11) is 0. The number of aromatic nitrogens is 3. The van der Waals surface area contributed by atoms with Crippen molar-refractivity contribution >= 4 is 5.91 Å². The van der Waals surface area contributed by atoms with Gasteiger partial charge in [0.05, 0.1) is 6.20 Å². The van der Waals surface area contributed by atoms with E-state index in [1.165, 1.54) is 12.8 Å². The van der Waals surface area contributed by atoms with E-state index < -0.39 is 0 Å². The quantitative estimate of drug-likeness (QED) is 0.791. The molecule has 1 unspecified atom stereocenters. The van der Waals surface area contributed by atoms with Crippen LogP contribution in [0.3, 0.4) is 0 Å². The van der Waals surface area contributed by atoms with Gasteiger partial charge in [-0.1, -0.05) is 6.42 Å². The minimum Gasteiger partial charge on any atom is -0.349 e. The van der Waals surface area contributed by atoms with Gasteiger partial charge in [-0.05, 0) is 37.1 Å². The molecule has 0 spiro atoms. The van der Waals surface area contributed by atoms with Gasteiger partial charge in [-0.25, -0.2) is 0 Å². The summed E-state index contributed by atoms with van der Waals surface area (Å²) in [5.41, 5.74) is 2.23. The van der Waals surface area contributed by atoms with Crippen LogP contribution in [0.15, 0.2) is 30.7 Å². The Hall–Kier alpha value is -2.21. The van der Waals surface area contributed by atoms with Gasteiger partial charge in [-0.3, -0.25) is 14.9 Å². The van der Waals surface area contributed by atoms with E-state index in [4.69, 9.17) is 0 Å². The molecule has 110 valence electrons. The van der Waals surface area contributed by atoms with Crippen LogP contribution in [0.1, 0.15) is 29.8 Å². The maximum absolute atomic E-state index is 12.3. The Morgan fingerprint density at radius 3 is 2.95 bits per heavy atom. The maximum atomic E-state index is 12.3. The highest BCUT2D eigenvalue weighted by molar-refractivity contribution is 5.98. The fourth-order valence-corrected chi connectivity index (χ4v) is 2.61. The number of amides is 1. The number of nitrogens with zero attached hydrogens (tertiary/aromatic N) is 2. The van der Waals surface area contributed by atoms with Crippen LogP contribution in [-0.2, 0) is 0 Å². The fraction of sp³-hybridized carbons (Fsp3) is 0.400. The number of hydrogen-bond acceptors (Lipinski definition) is 4. The van der Waals surface area contributed by atoms with E-state index in [1.807, 2.05) is 12.1 Å². The molecule has 1 aliphatic heterocycles. The van der Waals surface area contributed by atoms with Crippen molar-refractivity contribution in [1.29, 1.82) is 0 Å². The zero-order valence-corrected chi connectivity index (χ0v) is 11.8. The van der Waals surface area contributed by atoms with Crippen LogP contribution < -0.4 is 10.6 Å². The normalized spacial score (nSPS) is 18.4. The van der Waals surface area contributed by atoms with E-state index in [-0.39, 0.29) is 5.91 Å². The van der Waals surface area contributed by atoms with Gasteiger partial charge in [0.1, 0.15) is 5.69 Å². The third kappa shape index (κ3) is 3.28. The van der Waals surface area contributed by atoms with E-state index in [0.717, 1.165) is 24.1 Å². The molecule has 1 atom stereocenters. The number of aromatic amines is 1. The number of hydrogen-bond donors (Lipinski definition) is 3. The monoisotopic (exact) mass is 285 g/mol. The number of H-pyrrole nitrogens is 1. The van der Waals surface area contributed by atoms with Crippen LogP contribution in [0.2, 0.25) is 0 Å². The summed E-state index contributed by atoms with van der Waals surface area (Å²) in [6, 6.07) is 4.10. The number of carbonyl (C=O) groups excluding carboxylic acids is 1. The van der Waals surface area contributed by atoms with Crippen molar-refractivity contribution < 1.29 is 4.79 Å². The molecule has 6 nitrogen and oxygen atoms in total. The number of rotatable bonds is 4. The second kappa shape index (κ2) is 6.49. The second-order valence-electron chi connectivity index (χ2n) is 5.25.